The molecule has 4 heteroatoms. The molecule has 3 fully saturated rings. The lowest BCUT2D eigenvalue weighted by Crippen LogP contribution is -2.42. The average molecular weight is 289 g/mol. The number of hydrogen-bond donors (Lipinski definition) is 0. The largest absolute Gasteiger partial charge is 0.381 e. The summed E-state index contributed by atoms with van der Waals surface area (Å²) in [6, 6.07) is 0. The highest BCUT2D eigenvalue weighted by molar-refractivity contribution is 5.12. The van der Waals surface area contributed by atoms with E-state index in [-0.39, 0.29) is 12.5 Å². The molecule has 2 aliphatic carbocycles. The first kappa shape index (κ1) is 16.2. The molecule has 1 spiro atoms. The fourth-order valence-corrected chi connectivity index (χ4v) is 3.61. The van der Waals surface area contributed by atoms with E-state index in [9.17, 15) is 8.78 Å². The van der Waals surface area contributed by atoms with Crippen molar-refractivity contribution in [1.82, 2.24) is 4.90 Å². The van der Waals surface area contributed by atoms with Gasteiger partial charge in [-0.25, -0.2) is 8.78 Å². The molecule has 0 aromatic heterocycles. The maximum absolute atomic E-state index is 13.3. The van der Waals surface area contributed by atoms with Crippen LogP contribution in [0.25, 0.3) is 0 Å². The molecule has 118 valence electrons. The molecule has 1 unspecified atom stereocenters. The van der Waals surface area contributed by atoms with Crippen molar-refractivity contribution in [3.8, 4) is 0 Å². The van der Waals surface area contributed by atoms with E-state index < -0.39 is 11.3 Å². The Morgan fingerprint density at radius 3 is 1.95 bits per heavy atom. The molecule has 0 aromatic carbocycles. The Kier molecular flexibility index (Phi) is 4.46. The lowest BCUT2D eigenvalue weighted by Gasteiger charge is -2.36. The minimum Gasteiger partial charge on any atom is -0.381 e. The van der Waals surface area contributed by atoms with Crippen LogP contribution in [-0.4, -0.2) is 43.7 Å². The average Bonchev–Trinajstić information content (AvgIpc) is 3.32. The van der Waals surface area contributed by atoms with Crippen LogP contribution in [-0.2, 0) is 4.74 Å². The summed E-state index contributed by atoms with van der Waals surface area (Å²) in [6.45, 7) is 8.85. The van der Waals surface area contributed by atoms with E-state index in [1.54, 1.807) is 7.11 Å². The lowest BCUT2D eigenvalue weighted by molar-refractivity contribution is 0.00616. The van der Waals surface area contributed by atoms with Crippen LogP contribution in [0, 0.1) is 10.8 Å². The molecular formula is C16H29F2NO. The highest BCUT2D eigenvalue weighted by Gasteiger charge is 2.70. The van der Waals surface area contributed by atoms with E-state index in [0.29, 0.717) is 18.3 Å². The van der Waals surface area contributed by atoms with Gasteiger partial charge in [0.15, 0.2) is 0 Å². The van der Waals surface area contributed by atoms with Gasteiger partial charge in [0, 0.05) is 30.9 Å². The molecule has 0 radical (unpaired) electrons. The van der Waals surface area contributed by atoms with Gasteiger partial charge in [0.2, 0.25) is 0 Å². The van der Waals surface area contributed by atoms with Gasteiger partial charge in [0.25, 0.3) is 5.92 Å². The predicted molar refractivity (Wildman–Crippen MR) is 77.2 cm³/mol. The van der Waals surface area contributed by atoms with Crippen molar-refractivity contribution >= 4 is 0 Å². The Labute approximate surface area is 121 Å². The van der Waals surface area contributed by atoms with Crippen molar-refractivity contribution in [2.45, 2.75) is 64.9 Å². The standard InChI is InChI=1S/C14H23F2NO.C2H6/c1-11(18-2)12(3-4-12)10-17-7-5-13(6-8-17)9-14(13,15)16;1-2/h11H,3-10H2,1-2H3;1-2H3. The molecule has 1 atom stereocenters. The number of likely N-dealkylation sites (tertiary alicyclic amines) is 1. The van der Waals surface area contributed by atoms with E-state index in [1.807, 2.05) is 13.8 Å². The number of methoxy groups -OCH3 is 1. The number of nitrogens with zero attached hydrogens (tertiary/aromatic N) is 1. The van der Waals surface area contributed by atoms with Crippen molar-refractivity contribution < 1.29 is 13.5 Å². The van der Waals surface area contributed by atoms with Gasteiger partial charge < -0.3 is 9.64 Å². The number of ether oxygens (including phenoxy) is 1. The number of alkyl halides is 2. The molecule has 3 rings (SSSR count). The van der Waals surface area contributed by atoms with E-state index in [2.05, 4.69) is 11.8 Å². The van der Waals surface area contributed by atoms with Crippen LogP contribution in [0.3, 0.4) is 0 Å². The first-order valence-corrected chi connectivity index (χ1v) is 8.06. The molecule has 1 heterocycles. The number of hydrogen-bond acceptors (Lipinski definition) is 2. The third-order valence-electron chi connectivity index (χ3n) is 5.67. The fourth-order valence-electron chi connectivity index (χ4n) is 3.61. The highest BCUT2D eigenvalue weighted by Crippen LogP contribution is 2.66. The Morgan fingerprint density at radius 2 is 1.60 bits per heavy atom. The van der Waals surface area contributed by atoms with Crippen LogP contribution in [0.4, 0.5) is 8.78 Å². The van der Waals surface area contributed by atoms with Gasteiger partial charge in [-0.15, -0.1) is 0 Å². The Balaban J connectivity index is 0.000000704. The molecule has 2 saturated carbocycles. The smallest absolute Gasteiger partial charge is 0.254 e. The summed E-state index contributed by atoms with van der Waals surface area (Å²) in [5.74, 6) is -2.36. The molecule has 0 amide bonds. The molecular weight excluding hydrogens is 260 g/mol. The van der Waals surface area contributed by atoms with Gasteiger partial charge in [-0.05, 0) is 45.7 Å². The summed E-state index contributed by atoms with van der Waals surface area (Å²) in [5, 5.41) is 0. The van der Waals surface area contributed by atoms with Crippen LogP contribution in [0.5, 0.6) is 0 Å². The first-order chi connectivity index (χ1) is 9.43. The Morgan fingerprint density at radius 1 is 1.10 bits per heavy atom. The lowest BCUT2D eigenvalue weighted by atomic mass is 9.91. The topological polar surface area (TPSA) is 12.5 Å². The molecule has 3 aliphatic rings. The molecule has 0 N–H and O–H groups in total. The zero-order valence-corrected chi connectivity index (χ0v) is 13.3. The maximum Gasteiger partial charge on any atom is 0.254 e. The quantitative estimate of drug-likeness (QED) is 0.777. The number of halogens is 2. The zero-order chi connectivity index (χ0) is 15.0. The fraction of sp³-hybridized carbons (Fsp3) is 1.00. The van der Waals surface area contributed by atoms with Gasteiger partial charge in [-0.1, -0.05) is 13.8 Å². The van der Waals surface area contributed by atoms with E-state index in [0.717, 1.165) is 19.6 Å². The molecule has 0 aromatic rings. The number of rotatable bonds is 4. The summed E-state index contributed by atoms with van der Waals surface area (Å²) in [7, 11) is 1.76. The molecule has 2 nitrogen and oxygen atoms in total. The van der Waals surface area contributed by atoms with Crippen molar-refractivity contribution in [1.29, 1.82) is 0 Å². The molecule has 1 aliphatic heterocycles. The normalized spacial score (nSPS) is 30.3. The SMILES string of the molecule is CC.COC(C)C1(CN2CCC3(CC2)CC3(F)F)CC1. The van der Waals surface area contributed by atoms with Crippen LogP contribution in [0.1, 0.15) is 52.9 Å². The summed E-state index contributed by atoms with van der Waals surface area (Å²) in [4.78, 5) is 2.38. The van der Waals surface area contributed by atoms with Crippen molar-refractivity contribution in [3.05, 3.63) is 0 Å². The molecule has 0 bridgehead atoms. The van der Waals surface area contributed by atoms with E-state index >= 15 is 0 Å². The third kappa shape index (κ3) is 2.74. The van der Waals surface area contributed by atoms with Gasteiger partial charge in [0.1, 0.15) is 0 Å². The minimum atomic E-state index is -2.36. The second-order valence-electron chi connectivity index (χ2n) is 6.68. The van der Waals surface area contributed by atoms with Crippen LogP contribution < -0.4 is 0 Å². The summed E-state index contributed by atoms with van der Waals surface area (Å²) in [6.07, 6.45) is 4.22. The number of piperidine rings is 1. The zero-order valence-electron chi connectivity index (χ0n) is 13.3. The van der Waals surface area contributed by atoms with Crippen LogP contribution in [0.2, 0.25) is 0 Å². The summed E-state index contributed by atoms with van der Waals surface area (Å²) >= 11 is 0. The second-order valence-corrected chi connectivity index (χ2v) is 6.68. The second kappa shape index (κ2) is 5.53. The Hall–Kier alpha value is -0.220. The summed E-state index contributed by atoms with van der Waals surface area (Å²) < 4.78 is 32.0. The molecule has 1 saturated heterocycles. The summed E-state index contributed by atoms with van der Waals surface area (Å²) in [5.41, 5.74) is -0.307. The van der Waals surface area contributed by atoms with Crippen LogP contribution in [0.15, 0.2) is 0 Å². The van der Waals surface area contributed by atoms with Gasteiger partial charge in [-0.2, -0.15) is 0 Å². The van der Waals surface area contributed by atoms with Gasteiger partial charge >= 0.3 is 0 Å². The van der Waals surface area contributed by atoms with Crippen molar-refractivity contribution in [2.24, 2.45) is 10.8 Å². The van der Waals surface area contributed by atoms with E-state index in [4.69, 9.17) is 4.74 Å². The van der Waals surface area contributed by atoms with E-state index in [1.165, 1.54) is 12.8 Å². The van der Waals surface area contributed by atoms with Gasteiger partial charge in [-0.3, -0.25) is 0 Å². The Bertz CT molecular complexity index is 333. The van der Waals surface area contributed by atoms with Gasteiger partial charge in [0.05, 0.1) is 6.10 Å². The third-order valence-corrected chi connectivity index (χ3v) is 5.67. The highest BCUT2D eigenvalue weighted by atomic mass is 19.3. The minimum absolute atomic E-state index is 0.132. The maximum atomic E-state index is 13.3. The molecule has 20 heavy (non-hydrogen) atoms. The van der Waals surface area contributed by atoms with Crippen molar-refractivity contribution in [2.75, 3.05) is 26.7 Å². The predicted octanol–water partition coefficient (Wildman–Crippen LogP) is 3.95. The monoisotopic (exact) mass is 289 g/mol. The van der Waals surface area contributed by atoms with Crippen LogP contribution >= 0.6 is 0 Å². The van der Waals surface area contributed by atoms with Crippen molar-refractivity contribution in [3.63, 3.8) is 0 Å². The first-order valence-electron chi connectivity index (χ1n) is 8.06.